The highest BCUT2D eigenvalue weighted by Gasteiger charge is 2.11. The molecule has 2 amide bonds. The summed E-state index contributed by atoms with van der Waals surface area (Å²) < 4.78 is 0. The molecule has 2 heterocycles. The summed E-state index contributed by atoms with van der Waals surface area (Å²) in [6.07, 6.45) is 3.47. The fourth-order valence-corrected chi connectivity index (χ4v) is 3.86. The van der Waals surface area contributed by atoms with Gasteiger partial charge in [0.25, 0.3) is 0 Å². The van der Waals surface area contributed by atoms with Gasteiger partial charge in [-0.15, -0.1) is 0 Å². The third-order valence-corrected chi connectivity index (χ3v) is 5.63. The lowest BCUT2D eigenvalue weighted by molar-refractivity contribution is 0.262. The van der Waals surface area contributed by atoms with Crippen LogP contribution in [0.15, 0.2) is 89.0 Å². The molecule has 0 atom stereocenters. The molecule has 0 fully saturated rings. The number of hydrogen-bond donors (Lipinski definition) is 3. The molecule has 0 saturated heterocycles. The first-order chi connectivity index (χ1) is 15.6. The normalized spacial score (nSPS) is 10.4. The Morgan fingerprint density at radius 2 is 1.56 bits per heavy atom. The van der Waals surface area contributed by atoms with E-state index in [1.165, 1.54) is 11.8 Å². The SMILES string of the molecule is CNc1nccc(-c2cccnc2Sc2ccc(NC(=O)Nc3ccc(Cl)cc3)cc2)n1. The van der Waals surface area contributed by atoms with E-state index in [0.717, 1.165) is 21.2 Å². The summed E-state index contributed by atoms with van der Waals surface area (Å²) in [5.41, 5.74) is 3.04. The lowest BCUT2D eigenvalue weighted by atomic mass is 10.2. The Kier molecular flexibility index (Phi) is 6.84. The van der Waals surface area contributed by atoms with Crippen LogP contribution in [0.1, 0.15) is 0 Å². The lowest BCUT2D eigenvalue weighted by Gasteiger charge is -2.10. The number of pyridine rings is 1. The summed E-state index contributed by atoms with van der Waals surface area (Å²) >= 11 is 7.39. The number of anilines is 3. The van der Waals surface area contributed by atoms with E-state index < -0.39 is 0 Å². The van der Waals surface area contributed by atoms with Crippen LogP contribution in [-0.2, 0) is 0 Å². The molecule has 0 aliphatic heterocycles. The number of hydrogen-bond acceptors (Lipinski definition) is 6. The first-order valence-corrected chi connectivity index (χ1v) is 10.9. The molecule has 4 rings (SSSR count). The number of carbonyl (C=O) groups excluding carboxylic acids is 1. The highest BCUT2D eigenvalue weighted by molar-refractivity contribution is 7.99. The van der Waals surface area contributed by atoms with Crippen molar-refractivity contribution in [3.05, 3.63) is 84.1 Å². The van der Waals surface area contributed by atoms with E-state index in [2.05, 4.69) is 30.9 Å². The van der Waals surface area contributed by atoms with Gasteiger partial charge in [-0.3, -0.25) is 0 Å². The van der Waals surface area contributed by atoms with Gasteiger partial charge in [0.15, 0.2) is 0 Å². The first-order valence-electron chi connectivity index (χ1n) is 9.68. The second-order valence-corrected chi connectivity index (χ2v) is 8.08. The minimum atomic E-state index is -0.330. The van der Waals surface area contributed by atoms with Crippen LogP contribution in [0.5, 0.6) is 0 Å². The summed E-state index contributed by atoms with van der Waals surface area (Å²) in [6, 6.07) is 19.9. The minimum Gasteiger partial charge on any atom is -0.357 e. The Labute approximate surface area is 194 Å². The number of urea groups is 1. The predicted octanol–water partition coefficient (Wildman–Crippen LogP) is 6.03. The highest BCUT2D eigenvalue weighted by Crippen LogP contribution is 2.34. The fourth-order valence-electron chi connectivity index (χ4n) is 2.84. The van der Waals surface area contributed by atoms with Crippen LogP contribution in [-0.4, -0.2) is 28.0 Å². The number of nitrogens with one attached hydrogen (secondary N) is 3. The van der Waals surface area contributed by atoms with Gasteiger partial charge < -0.3 is 16.0 Å². The number of nitrogens with zero attached hydrogens (tertiary/aromatic N) is 3. The van der Waals surface area contributed by atoms with Crippen LogP contribution < -0.4 is 16.0 Å². The van der Waals surface area contributed by atoms with Gasteiger partial charge in [0.05, 0.1) is 5.69 Å². The number of amides is 2. The van der Waals surface area contributed by atoms with Crippen molar-refractivity contribution in [2.45, 2.75) is 9.92 Å². The van der Waals surface area contributed by atoms with Gasteiger partial charge in [0.2, 0.25) is 5.95 Å². The third kappa shape index (κ3) is 5.54. The average molecular weight is 463 g/mol. The van der Waals surface area contributed by atoms with Crippen LogP contribution in [0.3, 0.4) is 0 Å². The minimum absolute atomic E-state index is 0.330. The molecule has 0 spiro atoms. The summed E-state index contributed by atoms with van der Waals surface area (Å²) in [5.74, 6) is 0.551. The van der Waals surface area contributed by atoms with Gasteiger partial charge >= 0.3 is 6.03 Å². The monoisotopic (exact) mass is 462 g/mol. The lowest BCUT2D eigenvalue weighted by Crippen LogP contribution is -2.19. The smallest absolute Gasteiger partial charge is 0.323 e. The van der Waals surface area contributed by atoms with Crippen LogP contribution in [0.25, 0.3) is 11.3 Å². The molecular formula is C23H19ClN6OS. The molecule has 3 N–H and O–H groups in total. The standard InChI is InChI=1S/C23H19ClN6OS/c1-25-22-27-14-12-20(30-22)19-3-2-13-26-21(19)32-18-10-8-17(9-11-18)29-23(31)28-16-6-4-15(24)5-7-16/h2-14H,1H3,(H,25,27,30)(H2,28,29,31). The summed E-state index contributed by atoms with van der Waals surface area (Å²) in [5, 5.41) is 9.97. The fraction of sp³-hybridized carbons (Fsp3) is 0.0435. The molecule has 0 bridgehead atoms. The maximum absolute atomic E-state index is 12.2. The van der Waals surface area contributed by atoms with Gasteiger partial charge in [-0.1, -0.05) is 23.4 Å². The van der Waals surface area contributed by atoms with E-state index in [0.29, 0.717) is 22.3 Å². The van der Waals surface area contributed by atoms with Gasteiger partial charge in [-0.05, 0) is 66.7 Å². The molecular weight excluding hydrogens is 444 g/mol. The second kappa shape index (κ2) is 10.1. The molecule has 160 valence electrons. The Balaban J connectivity index is 1.44. The number of aromatic nitrogens is 3. The Hall–Kier alpha value is -3.62. The summed E-state index contributed by atoms with van der Waals surface area (Å²) in [4.78, 5) is 26.4. The molecule has 7 nitrogen and oxygen atoms in total. The van der Waals surface area contributed by atoms with E-state index in [9.17, 15) is 4.79 Å². The van der Waals surface area contributed by atoms with Crippen LogP contribution in [0.4, 0.5) is 22.1 Å². The van der Waals surface area contributed by atoms with Crippen molar-refractivity contribution in [2.24, 2.45) is 0 Å². The van der Waals surface area contributed by atoms with Crippen molar-refractivity contribution in [1.29, 1.82) is 0 Å². The quantitative estimate of drug-likeness (QED) is 0.324. The molecule has 32 heavy (non-hydrogen) atoms. The van der Waals surface area contributed by atoms with Gasteiger partial charge in [-0.25, -0.2) is 19.7 Å². The van der Waals surface area contributed by atoms with E-state index in [1.54, 1.807) is 43.7 Å². The van der Waals surface area contributed by atoms with Crippen molar-refractivity contribution in [1.82, 2.24) is 15.0 Å². The third-order valence-electron chi connectivity index (χ3n) is 4.36. The molecule has 0 radical (unpaired) electrons. The van der Waals surface area contributed by atoms with Crippen molar-refractivity contribution in [2.75, 3.05) is 23.0 Å². The topological polar surface area (TPSA) is 91.8 Å². The van der Waals surface area contributed by atoms with Gasteiger partial charge in [0, 0.05) is 46.3 Å². The van der Waals surface area contributed by atoms with E-state index >= 15 is 0 Å². The molecule has 2 aromatic heterocycles. The van der Waals surface area contributed by atoms with Crippen LogP contribution >= 0.6 is 23.4 Å². The number of carbonyl (C=O) groups is 1. The van der Waals surface area contributed by atoms with Crippen molar-refractivity contribution in [3.8, 4) is 11.3 Å². The molecule has 4 aromatic rings. The zero-order valence-corrected chi connectivity index (χ0v) is 18.6. The van der Waals surface area contributed by atoms with Crippen LogP contribution in [0.2, 0.25) is 5.02 Å². The molecule has 0 aliphatic rings. The average Bonchev–Trinajstić information content (AvgIpc) is 2.82. The number of rotatable bonds is 6. The van der Waals surface area contributed by atoms with E-state index in [1.807, 2.05) is 42.5 Å². The summed E-state index contributed by atoms with van der Waals surface area (Å²) in [7, 11) is 1.78. The molecule has 0 saturated carbocycles. The Morgan fingerprint density at radius 1 is 0.875 bits per heavy atom. The first kappa shape index (κ1) is 21.6. The second-order valence-electron chi connectivity index (χ2n) is 6.58. The summed E-state index contributed by atoms with van der Waals surface area (Å²) in [6.45, 7) is 0. The van der Waals surface area contributed by atoms with Gasteiger partial charge in [-0.2, -0.15) is 0 Å². The maximum atomic E-state index is 12.2. The molecule has 0 unspecified atom stereocenters. The Bertz CT molecular complexity index is 1220. The predicted molar refractivity (Wildman–Crippen MR) is 129 cm³/mol. The molecule has 2 aromatic carbocycles. The maximum Gasteiger partial charge on any atom is 0.323 e. The van der Waals surface area contributed by atoms with E-state index in [-0.39, 0.29) is 6.03 Å². The van der Waals surface area contributed by atoms with Gasteiger partial charge in [0.1, 0.15) is 5.03 Å². The van der Waals surface area contributed by atoms with Crippen LogP contribution in [0, 0.1) is 0 Å². The van der Waals surface area contributed by atoms with Crippen molar-refractivity contribution >= 4 is 46.7 Å². The van der Waals surface area contributed by atoms with Crippen molar-refractivity contribution < 1.29 is 4.79 Å². The number of benzene rings is 2. The Morgan fingerprint density at radius 3 is 2.25 bits per heavy atom. The zero-order valence-electron chi connectivity index (χ0n) is 17.0. The molecule has 9 heteroatoms. The largest absolute Gasteiger partial charge is 0.357 e. The van der Waals surface area contributed by atoms with E-state index in [4.69, 9.17) is 11.6 Å². The zero-order chi connectivity index (χ0) is 22.3. The van der Waals surface area contributed by atoms with Crippen molar-refractivity contribution in [3.63, 3.8) is 0 Å². The highest BCUT2D eigenvalue weighted by atomic mass is 35.5. The molecule has 0 aliphatic carbocycles. The number of halogens is 1.